The third kappa shape index (κ3) is 5.64. The average molecular weight is 228 g/mol. The Kier molecular flexibility index (Phi) is 6.88. The molecule has 3 heteroatoms. The highest BCUT2D eigenvalue weighted by atomic mass is 16.5. The monoisotopic (exact) mass is 228 g/mol. The molecule has 0 amide bonds. The van der Waals surface area contributed by atoms with E-state index in [4.69, 9.17) is 10.6 Å². The number of ether oxygens (including phenoxy) is 1. The highest BCUT2D eigenvalue weighted by Crippen LogP contribution is 2.27. The molecule has 2 atom stereocenters. The summed E-state index contributed by atoms with van der Waals surface area (Å²) in [6.07, 6.45) is 2.07. The van der Waals surface area contributed by atoms with Crippen LogP contribution in [0, 0.1) is 5.41 Å². The van der Waals surface area contributed by atoms with Gasteiger partial charge in [-0.3, -0.25) is 11.3 Å². The number of nitrogens with one attached hydrogen (secondary N) is 1. The summed E-state index contributed by atoms with van der Waals surface area (Å²) >= 11 is 0. The van der Waals surface area contributed by atoms with Gasteiger partial charge in [-0.05, 0) is 32.1 Å². The van der Waals surface area contributed by atoms with Crippen LogP contribution in [0.25, 0.3) is 0 Å². The van der Waals surface area contributed by atoms with Gasteiger partial charge in [-0.15, -0.1) is 6.58 Å². The molecule has 0 aliphatic heterocycles. The first-order valence-electron chi connectivity index (χ1n) is 6.05. The van der Waals surface area contributed by atoms with Crippen molar-refractivity contribution in [3.8, 4) is 0 Å². The molecule has 96 valence electrons. The predicted octanol–water partition coefficient (Wildman–Crippen LogP) is 2.63. The zero-order chi connectivity index (χ0) is 12.8. The molecule has 0 rings (SSSR count). The number of hydrazine groups is 1. The van der Waals surface area contributed by atoms with Crippen molar-refractivity contribution in [2.24, 2.45) is 11.3 Å². The van der Waals surface area contributed by atoms with Gasteiger partial charge < -0.3 is 4.74 Å². The van der Waals surface area contributed by atoms with Crippen molar-refractivity contribution in [1.29, 1.82) is 0 Å². The Morgan fingerprint density at radius 1 is 1.44 bits per heavy atom. The Bertz CT molecular complexity index is 208. The number of hydrogen-bond donors (Lipinski definition) is 2. The summed E-state index contributed by atoms with van der Waals surface area (Å²) in [5.74, 6) is 5.63. The summed E-state index contributed by atoms with van der Waals surface area (Å²) in [5, 5.41) is 0. The molecule has 0 aromatic rings. The second-order valence-electron chi connectivity index (χ2n) is 5.51. The number of nitrogens with two attached hydrogens (primary N) is 1. The van der Waals surface area contributed by atoms with E-state index in [2.05, 4.69) is 32.8 Å². The summed E-state index contributed by atoms with van der Waals surface area (Å²) < 4.78 is 5.82. The van der Waals surface area contributed by atoms with Gasteiger partial charge in [0.25, 0.3) is 0 Å². The maximum Gasteiger partial charge on any atom is 0.0789 e. The fourth-order valence-corrected chi connectivity index (χ4v) is 1.87. The van der Waals surface area contributed by atoms with Crippen molar-refractivity contribution in [2.75, 3.05) is 6.61 Å². The summed E-state index contributed by atoms with van der Waals surface area (Å²) in [5.41, 5.74) is 4.15. The average Bonchev–Trinajstić information content (AvgIpc) is 2.15. The van der Waals surface area contributed by atoms with E-state index in [0.717, 1.165) is 12.8 Å². The third-order valence-corrected chi connectivity index (χ3v) is 2.66. The number of hydrogen-bond acceptors (Lipinski definition) is 3. The van der Waals surface area contributed by atoms with Crippen LogP contribution in [0.2, 0.25) is 0 Å². The molecule has 0 aliphatic rings. The van der Waals surface area contributed by atoms with Gasteiger partial charge in [-0.25, -0.2) is 0 Å². The molecule has 0 saturated carbocycles. The molecule has 0 heterocycles. The first kappa shape index (κ1) is 15.6. The van der Waals surface area contributed by atoms with E-state index in [-0.39, 0.29) is 17.6 Å². The lowest BCUT2D eigenvalue weighted by Gasteiger charge is -2.36. The quantitative estimate of drug-likeness (QED) is 0.400. The van der Waals surface area contributed by atoms with Crippen LogP contribution in [0.5, 0.6) is 0 Å². The van der Waals surface area contributed by atoms with E-state index in [1.54, 1.807) is 0 Å². The summed E-state index contributed by atoms with van der Waals surface area (Å²) in [6, 6.07) is 0.177. The Balaban J connectivity index is 4.51. The molecular weight excluding hydrogens is 200 g/mol. The first-order chi connectivity index (χ1) is 7.32. The van der Waals surface area contributed by atoms with Gasteiger partial charge in [0.15, 0.2) is 0 Å². The SMILES string of the molecule is C=C(C)CCC(NN)C(OCC)C(C)(C)C. The van der Waals surface area contributed by atoms with Crippen molar-refractivity contribution in [3.63, 3.8) is 0 Å². The Morgan fingerprint density at radius 2 is 2.00 bits per heavy atom. The molecule has 0 fully saturated rings. The fraction of sp³-hybridized carbons (Fsp3) is 0.846. The molecule has 0 saturated heterocycles. The van der Waals surface area contributed by atoms with Crippen LogP contribution in [-0.4, -0.2) is 18.8 Å². The van der Waals surface area contributed by atoms with Crippen molar-refractivity contribution >= 4 is 0 Å². The predicted molar refractivity (Wildman–Crippen MR) is 70.0 cm³/mol. The molecule has 0 aromatic carbocycles. The van der Waals surface area contributed by atoms with Gasteiger partial charge in [0.2, 0.25) is 0 Å². The Labute approximate surface area is 100 Å². The largest absolute Gasteiger partial charge is 0.376 e. The minimum atomic E-state index is 0.0854. The van der Waals surface area contributed by atoms with Crippen LogP contribution in [0.15, 0.2) is 12.2 Å². The Morgan fingerprint density at radius 3 is 2.31 bits per heavy atom. The molecule has 0 bridgehead atoms. The van der Waals surface area contributed by atoms with E-state index < -0.39 is 0 Å². The van der Waals surface area contributed by atoms with E-state index in [1.165, 1.54) is 5.57 Å². The van der Waals surface area contributed by atoms with E-state index in [9.17, 15) is 0 Å². The second-order valence-corrected chi connectivity index (χ2v) is 5.51. The standard InChI is InChI=1S/C13H28N2O/c1-7-16-12(13(4,5)6)11(15-14)9-8-10(2)3/h11-12,15H,2,7-9,14H2,1,3-6H3. The minimum absolute atomic E-state index is 0.0854. The lowest BCUT2D eigenvalue weighted by molar-refractivity contribution is -0.0373. The lowest BCUT2D eigenvalue weighted by Crippen LogP contribution is -2.50. The molecule has 3 nitrogen and oxygen atoms in total. The normalized spacial score (nSPS) is 15.9. The summed E-state index contributed by atoms with van der Waals surface area (Å²) in [4.78, 5) is 0. The lowest BCUT2D eigenvalue weighted by atomic mass is 9.83. The molecule has 2 unspecified atom stereocenters. The van der Waals surface area contributed by atoms with Crippen molar-refractivity contribution < 1.29 is 4.74 Å². The number of rotatable bonds is 7. The van der Waals surface area contributed by atoms with E-state index in [0.29, 0.717) is 6.61 Å². The molecular formula is C13H28N2O. The highest BCUT2D eigenvalue weighted by Gasteiger charge is 2.31. The molecule has 0 aliphatic carbocycles. The van der Waals surface area contributed by atoms with Gasteiger partial charge in [-0.2, -0.15) is 0 Å². The van der Waals surface area contributed by atoms with E-state index >= 15 is 0 Å². The molecule has 16 heavy (non-hydrogen) atoms. The van der Waals surface area contributed by atoms with Crippen LogP contribution < -0.4 is 11.3 Å². The third-order valence-electron chi connectivity index (χ3n) is 2.66. The zero-order valence-electron chi connectivity index (χ0n) is 11.5. The molecule has 0 aromatic heterocycles. The van der Waals surface area contributed by atoms with Gasteiger partial charge in [-0.1, -0.05) is 26.3 Å². The van der Waals surface area contributed by atoms with Crippen LogP contribution in [0.4, 0.5) is 0 Å². The topological polar surface area (TPSA) is 47.3 Å². The Hall–Kier alpha value is -0.380. The molecule has 0 radical (unpaired) electrons. The summed E-state index contributed by atoms with van der Waals surface area (Å²) in [7, 11) is 0. The van der Waals surface area contributed by atoms with Gasteiger partial charge in [0, 0.05) is 12.6 Å². The van der Waals surface area contributed by atoms with E-state index in [1.807, 2.05) is 13.8 Å². The maximum atomic E-state index is 5.82. The smallest absolute Gasteiger partial charge is 0.0789 e. The zero-order valence-corrected chi connectivity index (χ0v) is 11.5. The van der Waals surface area contributed by atoms with Gasteiger partial charge in [0.05, 0.1) is 6.10 Å². The second kappa shape index (κ2) is 7.05. The summed E-state index contributed by atoms with van der Waals surface area (Å²) in [6.45, 7) is 15.2. The van der Waals surface area contributed by atoms with Gasteiger partial charge >= 0.3 is 0 Å². The van der Waals surface area contributed by atoms with Crippen LogP contribution in [0.1, 0.15) is 47.5 Å². The fourth-order valence-electron chi connectivity index (χ4n) is 1.87. The van der Waals surface area contributed by atoms with Crippen LogP contribution in [0.3, 0.4) is 0 Å². The van der Waals surface area contributed by atoms with Gasteiger partial charge in [0.1, 0.15) is 0 Å². The highest BCUT2D eigenvalue weighted by molar-refractivity contribution is 4.92. The van der Waals surface area contributed by atoms with Crippen molar-refractivity contribution in [1.82, 2.24) is 5.43 Å². The van der Waals surface area contributed by atoms with Crippen molar-refractivity contribution in [3.05, 3.63) is 12.2 Å². The number of allylic oxidation sites excluding steroid dienone is 1. The first-order valence-corrected chi connectivity index (χ1v) is 6.05. The molecule has 3 N–H and O–H groups in total. The maximum absolute atomic E-state index is 5.82. The van der Waals surface area contributed by atoms with Crippen LogP contribution in [-0.2, 0) is 4.74 Å². The van der Waals surface area contributed by atoms with Crippen LogP contribution >= 0.6 is 0 Å². The van der Waals surface area contributed by atoms with Crippen molar-refractivity contribution in [2.45, 2.75) is 59.6 Å². The minimum Gasteiger partial charge on any atom is -0.376 e. The molecule has 0 spiro atoms.